The lowest BCUT2D eigenvalue weighted by molar-refractivity contribution is -0.147. The average molecular weight is 538 g/mol. The highest BCUT2D eigenvalue weighted by molar-refractivity contribution is 7.89. The van der Waals surface area contributed by atoms with Gasteiger partial charge >= 0.3 is 18.0 Å². The first-order valence-electron chi connectivity index (χ1n) is 11.2. The zero-order valence-corrected chi connectivity index (χ0v) is 20.8. The Morgan fingerprint density at radius 1 is 1.19 bits per heavy atom. The molecule has 0 bridgehead atoms. The molecule has 2 aliphatic heterocycles. The van der Waals surface area contributed by atoms with Crippen LogP contribution in [-0.4, -0.2) is 56.5 Å². The fourth-order valence-electron chi connectivity index (χ4n) is 4.10. The number of benzene rings is 1. The number of sulfonamides is 1. The fraction of sp³-hybridized carbons (Fsp3) is 0.348. The van der Waals surface area contributed by atoms with E-state index in [-0.39, 0.29) is 41.5 Å². The Bertz CT molecular complexity index is 1270. The van der Waals surface area contributed by atoms with Gasteiger partial charge in [-0.15, -0.1) is 0 Å². The second-order valence-corrected chi connectivity index (χ2v) is 10.3. The second-order valence-electron chi connectivity index (χ2n) is 8.00. The smallest absolute Gasteiger partial charge is 0.338 e. The van der Waals surface area contributed by atoms with Crippen molar-refractivity contribution in [2.75, 3.05) is 19.8 Å². The summed E-state index contributed by atoms with van der Waals surface area (Å²) in [5, 5.41) is 5.46. The number of carbonyl (C=O) groups is 3. The summed E-state index contributed by atoms with van der Waals surface area (Å²) in [4.78, 5) is 38.0. The minimum absolute atomic E-state index is 0.00538. The topological polar surface area (TPSA) is 144 Å². The Balaban J connectivity index is 1.56. The Kier molecular flexibility index (Phi) is 7.67. The number of carbonyl (C=O) groups excluding carboxylic acids is 3. The van der Waals surface area contributed by atoms with E-state index < -0.39 is 46.7 Å². The number of esters is 2. The van der Waals surface area contributed by atoms with E-state index in [0.717, 1.165) is 4.31 Å². The number of furan rings is 1. The van der Waals surface area contributed by atoms with E-state index in [1.165, 1.54) is 30.5 Å². The number of halogens is 1. The van der Waals surface area contributed by atoms with Gasteiger partial charge < -0.3 is 24.5 Å². The van der Waals surface area contributed by atoms with Crippen LogP contribution < -0.4 is 10.6 Å². The lowest BCUT2D eigenvalue weighted by atomic mass is 10.0. The van der Waals surface area contributed by atoms with Crippen molar-refractivity contribution in [1.82, 2.24) is 14.9 Å². The van der Waals surface area contributed by atoms with Gasteiger partial charge in [0.05, 0.1) is 29.0 Å². The third-order valence-electron chi connectivity index (χ3n) is 5.73. The Morgan fingerprint density at radius 2 is 1.94 bits per heavy atom. The number of ether oxygens (including phenoxy) is 2. The number of rotatable bonds is 8. The second kappa shape index (κ2) is 10.7. The molecule has 0 aliphatic carbocycles. The van der Waals surface area contributed by atoms with Crippen molar-refractivity contribution in [3.05, 3.63) is 64.7 Å². The summed E-state index contributed by atoms with van der Waals surface area (Å²) < 4.78 is 43.3. The molecule has 3 heterocycles. The van der Waals surface area contributed by atoms with Gasteiger partial charge in [0, 0.05) is 11.6 Å². The van der Waals surface area contributed by atoms with Crippen molar-refractivity contribution in [3.63, 3.8) is 0 Å². The molecule has 13 heteroatoms. The van der Waals surface area contributed by atoms with E-state index in [4.69, 9.17) is 25.5 Å². The lowest BCUT2D eigenvalue weighted by Gasteiger charge is -2.28. The summed E-state index contributed by atoms with van der Waals surface area (Å²) >= 11 is 5.86. The molecule has 4 rings (SSSR count). The molecule has 0 radical (unpaired) electrons. The Hall–Kier alpha value is -3.35. The Morgan fingerprint density at radius 3 is 2.61 bits per heavy atom. The number of nitrogens with zero attached hydrogens (tertiary/aromatic N) is 1. The summed E-state index contributed by atoms with van der Waals surface area (Å²) in [6.45, 7) is 1.37. The number of urea groups is 1. The SMILES string of the molecule is CCOC(=O)C1=C(COC(=O)[C@H]2CCCN2S(=O)(=O)c2ccc(Cl)cc2)NC(=O)N[C@@H]1c1ccco1. The van der Waals surface area contributed by atoms with Gasteiger partial charge in [0.25, 0.3) is 0 Å². The minimum Gasteiger partial charge on any atom is -0.467 e. The largest absolute Gasteiger partial charge is 0.467 e. The first-order chi connectivity index (χ1) is 17.2. The van der Waals surface area contributed by atoms with Gasteiger partial charge in [0.15, 0.2) is 0 Å². The normalized spacial score (nSPS) is 20.6. The fourth-order valence-corrected chi connectivity index (χ4v) is 5.87. The molecule has 2 amide bonds. The highest BCUT2D eigenvalue weighted by atomic mass is 35.5. The highest BCUT2D eigenvalue weighted by Crippen LogP contribution is 2.30. The van der Waals surface area contributed by atoms with Gasteiger partial charge in [-0.3, -0.25) is 4.79 Å². The first kappa shape index (κ1) is 25.7. The van der Waals surface area contributed by atoms with Gasteiger partial charge in [-0.05, 0) is 56.2 Å². The van der Waals surface area contributed by atoms with Crippen molar-refractivity contribution in [2.24, 2.45) is 0 Å². The van der Waals surface area contributed by atoms with Crippen LogP contribution in [0.5, 0.6) is 0 Å². The van der Waals surface area contributed by atoms with Crippen molar-refractivity contribution < 1.29 is 36.7 Å². The number of hydrogen-bond acceptors (Lipinski definition) is 8. The van der Waals surface area contributed by atoms with Crippen LogP contribution in [-0.2, 0) is 29.1 Å². The van der Waals surface area contributed by atoms with Gasteiger partial charge in [-0.25, -0.2) is 18.0 Å². The Labute approximate surface area is 212 Å². The zero-order valence-electron chi connectivity index (χ0n) is 19.2. The van der Waals surface area contributed by atoms with Crippen LogP contribution in [0.1, 0.15) is 31.6 Å². The van der Waals surface area contributed by atoms with E-state index in [0.29, 0.717) is 11.4 Å². The highest BCUT2D eigenvalue weighted by Gasteiger charge is 2.41. The van der Waals surface area contributed by atoms with Crippen LogP contribution in [0.4, 0.5) is 4.79 Å². The predicted molar refractivity (Wildman–Crippen MR) is 126 cm³/mol. The summed E-state index contributed by atoms with van der Waals surface area (Å²) in [5.74, 6) is -1.25. The van der Waals surface area contributed by atoms with E-state index in [2.05, 4.69) is 10.6 Å². The third-order valence-corrected chi connectivity index (χ3v) is 7.91. The van der Waals surface area contributed by atoms with E-state index in [1.807, 2.05) is 0 Å². The van der Waals surface area contributed by atoms with E-state index in [9.17, 15) is 22.8 Å². The molecule has 36 heavy (non-hydrogen) atoms. The molecule has 0 spiro atoms. The molecule has 2 aliphatic rings. The number of amides is 2. The maximum Gasteiger partial charge on any atom is 0.338 e. The standard InChI is InChI=1S/C23H24ClN3O8S/c1-2-33-22(29)19-16(25-23(30)26-20(19)18-6-4-12-34-18)13-35-21(28)17-5-3-11-27(17)36(31,32)15-9-7-14(24)8-10-15/h4,6-10,12,17,20H,2-3,5,11,13H2,1H3,(H2,25,26,30)/t17-,20-/m1/s1. The summed E-state index contributed by atoms with van der Waals surface area (Å²) in [7, 11) is -3.98. The van der Waals surface area contributed by atoms with Crippen LogP contribution in [0.25, 0.3) is 0 Å². The molecule has 11 nitrogen and oxygen atoms in total. The lowest BCUT2D eigenvalue weighted by Crippen LogP contribution is -2.47. The molecule has 0 saturated carbocycles. The van der Waals surface area contributed by atoms with Gasteiger partial charge in [-0.1, -0.05) is 11.6 Å². The first-order valence-corrected chi connectivity index (χ1v) is 13.0. The number of nitrogens with one attached hydrogen (secondary N) is 2. The molecule has 2 N–H and O–H groups in total. The van der Waals surface area contributed by atoms with Crippen LogP contribution in [0.2, 0.25) is 5.02 Å². The molecule has 192 valence electrons. The number of hydrogen-bond donors (Lipinski definition) is 2. The summed E-state index contributed by atoms with van der Waals surface area (Å²) in [6, 6.07) is 6.17. The minimum atomic E-state index is -3.98. The van der Waals surface area contributed by atoms with Gasteiger partial charge in [0.2, 0.25) is 10.0 Å². The van der Waals surface area contributed by atoms with E-state index in [1.54, 1.807) is 19.1 Å². The quantitative estimate of drug-likeness (QED) is 0.489. The summed E-state index contributed by atoms with van der Waals surface area (Å²) in [6.07, 6.45) is 2.12. The van der Waals surface area contributed by atoms with Crippen LogP contribution in [0.15, 0.2) is 63.2 Å². The molecule has 1 fully saturated rings. The van der Waals surface area contributed by atoms with Crippen LogP contribution in [0, 0.1) is 0 Å². The van der Waals surface area contributed by atoms with Crippen molar-refractivity contribution in [1.29, 1.82) is 0 Å². The van der Waals surface area contributed by atoms with Crippen molar-refractivity contribution in [3.8, 4) is 0 Å². The average Bonchev–Trinajstić information content (AvgIpc) is 3.55. The van der Waals surface area contributed by atoms with Crippen LogP contribution >= 0.6 is 11.6 Å². The molecular weight excluding hydrogens is 514 g/mol. The predicted octanol–water partition coefficient (Wildman–Crippen LogP) is 2.50. The molecule has 2 aromatic rings. The van der Waals surface area contributed by atoms with Crippen molar-refractivity contribution in [2.45, 2.75) is 36.7 Å². The molecule has 2 atom stereocenters. The molecule has 1 aromatic carbocycles. The molecule has 0 unspecified atom stereocenters. The van der Waals surface area contributed by atoms with Gasteiger partial charge in [-0.2, -0.15) is 4.31 Å². The van der Waals surface area contributed by atoms with Crippen molar-refractivity contribution >= 4 is 39.6 Å². The van der Waals surface area contributed by atoms with E-state index >= 15 is 0 Å². The maximum absolute atomic E-state index is 13.1. The zero-order chi connectivity index (χ0) is 25.9. The van der Waals surface area contributed by atoms with Gasteiger partial charge in [0.1, 0.15) is 24.5 Å². The molecule has 1 aromatic heterocycles. The molecular formula is C23H24ClN3O8S. The monoisotopic (exact) mass is 537 g/mol. The maximum atomic E-state index is 13.1. The third kappa shape index (κ3) is 5.25. The van der Waals surface area contributed by atoms with Crippen LogP contribution in [0.3, 0.4) is 0 Å². The molecule has 1 saturated heterocycles. The summed E-state index contributed by atoms with van der Waals surface area (Å²) in [5.41, 5.74) is 0.0216.